The number of aldehydes is 1. The summed E-state index contributed by atoms with van der Waals surface area (Å²) in [6.45, 7) is 0. The van der Waals surface area contributed by atoms with Gasteiger partial charge in [-0.15, -0.1) is 0 Å². The molecule has 0 aliphatic carbocycles. The van der Waals surface area contributed by atoms with E-state index in [-0.39, 0.29) is 6.29 Å². The van der Waals surface area contributed by atoms with Crippen molar-refractivity contribution in [3.05, 3.63) is 11.2 Å². The Hall–Kier alpha value is -0.840. The topological polar surface area (TPSA) is 71.4 Å². The predicted octanol–water partition coefficient (Wildman–Crippen LogP) is -0.371. The first-order chi connectivity index (χ1) is 3.95. The molecule has 0 aromatic rings. The smallest absolute Gasteiger partial charge is 0.185 e. The van der Waals surface area contributed by atoms with E-state index in [4.69, 9.17) is 5.11 Å². The van der Waals surface area contributed by atoms with Crippen molar-refractivity contribution in [3.8, 4) is 0 Å². The lowest BCUT2D eigenvalue weighted by Gasteiger charge is -1.84. The third kappa shape index (κ3) is 5.02. The molecule has 0 aromatic heterocycles. The van der Waals surface area contributed by atoms with E-state index in [1.165, 1.54) is 0 Å². The quantitative estimate of drug-likeness (QED) is 0.331. The van der Waals surface area contributed by atoms with Gasteiger partial charge in [0, 0.05) is 6.26 Å². The maximum atomic E-state index is 10.2. The Kier molecular flexibility index (Phi) is 2.39. The normalized spacial score (nSPS) is 13.2. The minimum atomic E-state index is -3.38. The molecule has 0 spiro atoms. The second kappa shape index (κ2) is 2.63. The summed E-state index contributed by atoms with van der Waals surface area (Å²) in [4.78, 5) is 9.60. The van der Waals surface area contributed by atoms with Gasteiger partial charge < -0.3 is 5.11 Å². The summed E-state index contributed by atoms with van der Waals surface area (Å²) in [5.74, 6) is -0.780. The molecule has 9 heavy (non-hydrogen) atoms. The fourth-order valence-electron chi connectivity index (χ4n) is 0.247. The minimum absolute atomic E-state index is 0.0566. The zero-order valence-corrected chi connectivity index (χ0v) is 5.55. The van der Waals surface area contributed by atoms with Gasteiger partial charge in [0.15, 0.2) is 21.9 Å². The van der Waals surface area contributed by atoms with Crippen LogP contribution in [0.15, 0.2) is 11.2 Å². The molecule has 0 aliphatic heterocycles. The van der Waals surface area contributed by atoms with Crippen LogP contribution in [0.25, 0.3) is 0 Å². The average Bonchev–Trinajstić information content (AvgIpc) is 1.62. The van der Waals surface area contributed by atoms with Crippen molar-refractivity contribution < 1.29 is 18.3 Å². The fraction of sp³-hybridized carbons (Fsp3) is 0.250. The Morgan fingerprint density at radius 1 is 1.56 bits per heavy atom. The first-order valence-corrected chi connectivity index (χ1v) is 3.97. The van der Waals surface area contributed by atoms with Crippen LogP contribution in [0.2, 0.25) is 0 Å². The van der Waals surface area contributed by atoms with Crippen molar-refractivity contribution in [1.29, 1.82) is 0 Å². The van der Waals surface area contributed by atoms with Crippen molar-refractivity contribution in [2.75, 3.05) is 6.26 Å². The second-order valence-electron chi connectivity index (χ2n) is 1.49. The third-order valence-electron chi connectivity index (χ3n) is 0.456. The standard InChI is InChI=1S/C4H6O4S/c1-9(7,8)3-4(6)2-5/h2-3,6H,1H3/b4-3+. The van der Waals surface area contributed by atoms with E-state index in [2.05, 4.69) is 0 Å². The first kappa shape index (κ1) is 8.16. The van der Waals surface area contributed by atoms with Crippen molar-refractivity contribution in [2.24, 2.45) is 0 Å². The Labute approximate surface area is 52.7 Å². The van der Waals surface area contributed by atoms with Crippen LogP contribution in [0.4, 0.5) is 0 Å². The Morgan fingerprint density at radius 2 is 2.00 bits per heavy atom. The zero-order chi connectivity index (χ0) is 7.49. The highest BCUT2D eigenvalue weighted by Gasteiger charge is 1.97. The summed E-state index contributed by atoms with van der Waals surface area (Å²) in [6, 6.07) is 0. The van der Waals surface area contributed by atoms with E-state index >= 15 is 0 Å². The van der Waals surface area contributed by atoms with Gasteiger partial charge in [-0.3, -0.25) is 4.79 Å². The van der Waals surface area contributed by atoms with Gasteiger partial charge in [-0.2, -0.15) is 0 Å². The van der Waals surface area contributed by atoms with Crippen molar-refractivity contribution >= 4 is 16.1 Å². The summed E-state index contributed by atoms with van der Waals surface area (Å²) in [5.41, 5.74) is 0. The van der Waals surface area contributed by atoms with Gasteiger partial charge in [-0.25, -0.2) is 8.42 Å². The van der Waals surface area contributed by atoms with Crippen LogP contribution in [0.5, 0.6) is 0 Å². The molecule has 0 fully saturated rings. The summed E-state index contributed by atoms with van der Waals surface area (Å²) in [7, 11) is -3.38. The molecule has 52 valence electrons. The molecule has 0 saturated carbocycles. The maximum absolute atomic E-state index is 10.2. The van der Waals surface area contributed by atoms with Gasteiger partial charge in [0.05, 0.1) is 5.41 Å². The van der Waals surface area contributed by atoms with E-state index in [1.54, 1.807) is 0 Å². The molecular formula is C4H6O4S. The number of carbonyl (C=O) groups excluding carboxylic acids is 1. The van der Waals surface area contributed by atoms with E-state index in [1.807, 2.05) is 0 Å². The molecule has 0 amide bonds. The molecule has 0 atom stereocenters. The fourth-order valence-corrected chi connectivity index (χ4v) is 0.741. The van der Waals surface area contributed by atoms with Crippen LogP contribution in [-0.4, -0.2) is 26.1 Å². The van der Waals surface area contributed by atoms with E-state index in [0.717, 1.165) is 6.26 Å². The highest BCUT2D eigenvalue weighted by molar-refractivity contribution is 7.93. The Morgan fingerprint density at radius 3 is 2.11 bits per heavy atom. The number of rotatable bonds is 2. The molecular weight excluding hydrogens is 144 g/mol. The van der Waals surface area contributed by atoms with Gasteiger partial charge in [0.25, 0.3) is 0 Å². The third-order valence-corrected chi connectivity index (χ3v) is 1.13. The molecule has 0 heterocycles. The van der Waals surface area contributed by atoms with Crippen molar-refractivity contribution in [3.63, 3.8) is 0 Å². The van der Waals surface area contributed by atoms with Crippen LogP contribution in [0.3, 0.4) is 0 Å². The van der Waals surface area contributed by atoms with Crippen LogP contribution >= 0.6 is 0 Å². The maximum Gasteiger partial charge on any atom is 0.185 e. The lowest BCUT2D eigenvalue weighted by atomic mass is 10.7. The van der Waals surface area contributed by atoms with Crippen LogP contribution in [0.1, 0.15) is 0 Å². The molecule has 0 bridgehead atoms. The molecule has 1 N–H and O–H groups in total. The van der Waals surface area contributed by atoms with E-state index < -0.39 is 15.6 Å². The molecule has 0 aromatic carbocycles. The largest absolute Gasteiger partial charge is 0.504 e. The Bertz CT molecular complexity index is 223. The SMILES string of the molecule is CS(=O)(=O)/C=C(/O)C=O. The van der Waals surface area contributed by atoms with Crippen LogP contribution in [-0.2, 0) is 14.6 Å². The molecule has 0 saturated heterocycles. The second-order valence-corrected chi connectivity index (χ2v) is 3.38. The monoisotopic (exact) mass is 150 g/mol. The van der Waals surface area contributed by atoms with Gasteiger partial charge >= 0.3 is 0 Å². The number of hydrogen-bond donors (Lipinski definition) is 1. The van der Waals surface area contributed by atoms with Crippen LogP contribution in [0, 0.1) is 0 Å². The van der Waals surface area contributed by atoms with Crippen molar-refractivity contribution in [2.45, 2.75) is 0 Å². The van der Waals surface area contributed by atoms with Gasteiger partial charge in [0.1, 0.15) is 0 Å². The zero-order valence-electron chi connectivity index (χ0n) is 4.73. The molecule has 0 rings (SSSR count). The number of aliphatic hydroxyl groups excluding tert-OH is 1. The van der Waals surface area contributed by atoms with Crippen molar-refractivity contribution in [1.82, 2.24) is 0 Å². The number of carbonyl (C=O) groups is 1. The molecule has 0 aliphatic rings. The van der Waals surface area contributed by atoms with E-state index in [9.17, 15) is 13.2 Å². The van der Waals surface area contributed by atoms with Crippen LogP contribution < -0.4 is 0 Å². The molecule has 4 nitrogen and oxygen atoms in total. The highest BCUT2D eigenvalue weighted by Crippen LogP contribution is 1.88. The minimum Gasteiger partial charge on any atom is -0.504 e. The molecule has 5 heteroatoms. The number of aliphatic hydroxyl groups is 1. The molecule has 0 radical (unpaired) electrons. The van der Waals surface area contributed by atoms with Gasteiger partial charge in [-0.05, 0) is 0 Å². The Balaban J connectivity index is 4.51. The van der Waals surface area contributed by atoms with Gasteiger partial charge in [0.2, 0.25) is 0 Å². The average molecular weight is 150 g/mol. The van der Waals surface area contributed by atoms with Gasteiger partial charge in [-0.1, -0.05) is 0 Å². The summed E-state index contributed by atoms with van der Waals surface area (Å²) in [6.07, 6.45) is 0.938. The molecule has 0 unspecified atom stereocenters. The predicted molar refractivity (Wildman–Crippen MR) is 31.6 cm³/mol. The number of hydrogen-bond acceptors (Lipinski definition) is 4. The summed E-state index contributed by atoms with van der Waals surface area (Å²) in [5, 5.41) is 8.79. The summed E-state index contributed by atoms with van der Waals surface area (Å²) >= 11 is 0. The highest BCUT2D eigenvalue weighted by atomic mass is 32.2. The van der Waals surface area contributed by atoms with E-state index in [0.29, 0.717) is 5.41 Å². The number of sulfone groups is 1. The number of allylic oxidation sites excluding steroid dienone is 1. The summed E-state index contributed by atoms with van der Waals surface area (Å²) < 4.78 is 20.4. The lowest BCUT2D eigenvalue weighted by Crippen LogP contribution is -1.92. The first-order valence-electron chi connectivity index (χ1n) is 2.01. The lowest BCUT2D eigenvalue weighted by molar-refractivity contribution is -0.106.